The Bertz CT molecular complexity index is 2150. The second-order valence-electron chi connectivity index (χ2n) is 17.5. The van der Waals surface area contributed by atoms with Gasteiger partial charge in [0, 0.05) is 76.0 Å². The molecule has 0 saturated carbocycles. The Morgan fingerprint density at radius 1 is 0.875 bits per heavy atom. The van der Waals surface area contributed by atoms with Crippen molar-refractivity contribution in [2.24, 2.45) is 5.92 Å². The largest absolute Gasteiger partial charge is 0.466 e. The minimum Gasteiger partial charge on any atom is -0.466 e. The highest BCUT2D eigenvalue weighted by molar-refractivity contribution is 5.89. The Morgan fingerprint density at radius 2 is 1.59 bits per heavy atom. The molecule has 0 spiro atoms. The van der Waals surface area contributed by atoms with Gasteiger partial charge in [0.15, 0.2) is 0 Å². The van der Waals surface area contributed by atoms with Crippen LogP contribution < -0.4 is 16.0 Å². The van der Waals surface area contributed by atoms with E-state index in [1.54, 1.807) is 37.4 Å². The molecule has 1 aliphatic heterocycles. The van der Waals surface area contributed by atoms with Crippen molar-refractivity contribution in [3.8, 4) is 0 Å². The number of aromatic nitrogens is 1. The van der Waals surface area contributed by atoms with Gasteiger partial charge in [-0.25, -0.2) is 9.59 Å². The lowest BCUT2D eigenvalue weighted by atomic mass is 9.91. The van der Waals surface area contributed by atoms with Crippen molar-refractivity contribution in [2.45, 2.75) is 96.2 Å². The number of rotatable bonds is 19. The van der Waals surface area contributed by atoms with Crippen LogP contribution in [0.1, 0.15) is 85.6 Å². The van der Waals surface area contributed by atoms with Crippen LogP contribution in [-0.4, -0.2) is 108 Å². The molecule has 0 radical (unpaired) electrons. The van der Waals surface area contributed by atoms with Gasteiger partial charge in [0.05, 0.1) is 18.2 Å². The molecule has 3 amide bonds. The maximum atomic E-state index is 14.9. The standard InChI is InChI=1S/C50H62N6O8/c1-5-62-44(57)23-15-25-52-49(61)64-43-30-38-21-12-13-22-41(38)45(43)53-46(58)39(28-35-16-8-6-9-17-35)29-40(63-48(60)37-19-10-7-11-20-37)33-56-27-26-55(32-36-18-14-24-51-31-36)34-42(56)47(59)54-50(2,3)4/h6-14,16-22,24,31,39-40,42-43,45H,5,15,23,25-30,32-34H2,1-4H3,(H,52,61)(H,53,58)(H,54,59)/t39-,40+,42+,43-,45+/m1/s1. The van der Waals surface area contributed by atoms with E-state index in [9.17, 15) is 24.0 Å². The number of esters is 2. The fraction of sp³-hybridized carbons (Fsp3) is 0.440. The zero-order valence-corrected chi connectivity index (χ0v) is 37.4. The first kappa shape index (κ1) is 47.4. The third kappa shape index (κ3) is 14.2. The average Bonchev–Trinajstić information content (AvgIpc) is 3.61. The van der Waals surface area contributed by atoms with Crippen molar-refractivity contribution in [1.82, 2.24) is 30.7 Å². The van der Waals surface area contributed by atoms with Gasteiger partial charge < -0.3 is 30.2 Å². The summed E-state index contributed by atoms with van der Waals surface area (Å²) in [6, 6.07) is 28.8. The number of fused-ring (bicyclic) bond motifs is 1. The van der Waals surface area contributed by atoms with E-state index in [-0.39, 0.29) is 50.3 Å². The van der Waals surface area contributed by atoms with Gasteiger partial charge in [0.1, 0.15) is 18.2 Å². The molecule has 5 atom stereocenters. The molecule has 6 rings (SSSR count). The average molecular weight is 875 g/mol. The molecule has 4 aromatic rings. The molecule has 1 aliphatic carbocycles. The predicted octanol–water partition coefficient (Wildman–Crippen LogP) is 5.81. The summed E-state index contributed by atoms with van der Waals surface area (Å²) in [6.45, 7) is 10.5. The maximum absolute atomic E-state index is 14.9. The van der Waals surface area contributed by atoms with Crippen molar-refractivity contribution >= 4 is 29.8 Å². The monoisotopic (exact) mass is 874 g/mol. The maximum Gasteiger partial charge on any atom is 0.407 e. The van der Waals surface area contributed by atoms with Gasteiger partial charge in [-0.05, 0) is 87.4 Å². The van der Waals surface area contributed by atoms with E-state index in [4.69, 9.17) is 14.2 Å². The molecular weight excluding hydrogens is 813 g/mol. The van der Waals surface area contributed by atoms with Crippen LogP contribution in [-0.2, 0) is 48.0 Å². The highest BCUT2D eigenvalue weighted by Crippen LogP contribution is 2.34. The first-order valence-corrected chi connectivity index (χ1v) is 22.3. The van der Waals surface area contributed by atoms with Crippen molar-refractivity contribution in [3.63, 3.8) is 0 Å². The molecule has 1 aromatic heterocycles. The lowest BCUT2D eigenvalue weighted by molar-refractivity contribution is -0.143. The Hall–Kier alpha value is -6.12. The van der Waals surface area contributed by atoms with Crippen LogP contribution in [0.5, 0.6) is 0 Å². The number of benzene rings is 3. The SMILES string of the molecule is CCOC(=O)CCCNC(=O)O[C@@H]1Cc2ccccc2[C@@H]1NC(=O)[C@H](Cc1ccccc1)C[C@@H](CN1CCN(Cc2cccnc2)C[C@H]1C(=O)NC(C)(C)C)OC(=O)c1ccccc1. The lowest BCUT2D eigenvalue weighted by Crippen LogP contribution is -2.62. The fourth-order valence-electron chi connectivity index (χ4n) is 8.35. The second kappa shape index (κ2) is 23.0. The molecule has 0 bridgehead atoms. The topological polar surface area (TPSA) is 168 Å². The minimum absolute atomic E-state index is 0.135. The number of carbonyl (C=O) groups is 5. The highest BCUT2D eigenvalue weighted by Gasteiger charge is 2.40. The molecule has 1 saturated heterocycles. The molecule has 64 heavy (non-hydrogen) atoms. The predicted molar refractivity (Wildman–Crippen MR) is 242 cm³/mol. The van der Waals surface area contributed by atoms with Crippen LogP contribution >= 0.6 is 0 Å². The number of pyridine rings is 1. The first-order chi connectivity index (χ1) is 30.8. The van der Waals surface area contributed by atoms with Crippen LogP contribution in [0.2, 0.25) is 0 Å². The van der Waals surface area contributed by atoms with Gasteiger partial charge in [-0.15, -0.1) is 0 Å². The summed E-state index contributed by atoms with van der Waals surface area (Å²) >= 11 is 0. The lowest BCUT2D eigenvalue weighted by Gasteiger charge is -2.42. The number of piperazine rings is 1. The van der Waals surface area contributed by atoms with Crippen molar-refractivity contribution in [1.29, 1.82) is 0 Å². The molecule has 14 nitrogen and oxygen atoms in total. The van der Waals surface area contributed by atoms with Gasteiger partial charge in [0.2, 0.25) is 11.8 Å². The number of hydrogen-bond acceptors (Lipinski definition) is 11. The normalized spacial score (nSPS) is 18.5. The summed E-state index contributed by atoms with van der Waals surface area (Å²) in [5.74, 6) is -1.99. The van der Waals surface area contributed by atoms with Gasteiger partial charge in [-0.2, -0.15) is 0 Å². The molecule has 14 heteroatoms. The van der Waals surface area contributed by atoms with Crippen molar-refractivity contribution < 1.29 is 38.2 Å². The number of alkyl carbamates (subject to hydrolysis) is 1. The van der Waals surface area contributed by atoms with Gasteiger partial charge >= 0.3 is 18.0 Å². The number of carbonyl (C=O) groups excluding carboxylic acids is 5. The summed E-state index contributed by atoms with van der Waals surface area (Å²) in [5.41, 5.74) is 3.64. The number of hydrogen-bond donors (Lipinski definition) is 3. The van der Waals surface area contributed by atoms with Crippen LogP contribution in [0.25, 0.3) is 0 Å². The third-order valence-corrected chi connectivity index (χ3v) is 11.3. The van der Waals surface area contributed by atoms with E-state index < -0.39 is 47.8 Å². The van der Waals surface area contributed by atoms with E-state index in [0.29, 0.717) is 51.0 Å². The summed E-state index contributed by atoms with van der Waals surface area (Å²) in [6.07, 6.45) is 2.83. The van der Waals surface area contributed by atoms with Crippen molar-refractivity contribution in [3.05, 3.63) is 137 Å². The summed E-state index contributed by atoms with van der Waals surface area (Å²) < 4.78 is 17.3. The quantitative estimate of drug-likeness (QED) is 0.0591. The number of amides is 3. The summed E-state index contributed by atoms with van der Waals surface area (Å²) in [7, 11) is 0. The fourth-order valence-corrected chi connectivity index (χ4v) is 8.35. The van der Waals surface area contributed by atoms with Crippen LogP contribution in [0.4, 0.5) is 4.79 Å². The minimum atomic E-state index is -0.801. The zero-order chi connectivity index (χ0) is 45.5. The molecule has 3 N–H and O–H groups in total. The second-order valence-corrected chi connectivity index (χ2v) is 17.5. The van der Waals surface area contributed by atoms with Crippen LogP contribution in [0.3, 0.4) is 0 Å². The smallest absolute Gasteiger partial charge is 0.407 e. The van der Waals surface area contributed by atoms with Crippen LogP contribution in [0.15, 0.2) is 109 Å². The molecule has 340 valence electrons. The summed E-state index contributed by atoms with van der Waals surface area (Å²) in [5, 5.41) is 9.15. The molecule has 2 heterocycles. The van der Waals surface area contributed by atoms with Gasteiger partial charge in [-0.1, -0.05) is 78.9 Å². The van der Waals surface area contributed by atoms with E-state index in [1.165, 1.54) is 0 Å². The Morgan fingerprint density at radius 3 is 2.31 bits per heavy atom. The first-order valence-electron chi connectivity index (χ1n) is 22.3. The third-order valence-electron chi connectivity index (χ3n) is 11.3. The molecule has 1 fully saturated rings. The van der Waals surface area contributed by atoms with E-state index >= 15 is 0 Å². The van der Waals surface area contributed by atoms with Crippen molar-refractivity contribution in [2.75, 3.05) is 39.3 Å². The van der Waals surface area contributed by atoms with Crippen LogP contribution in [0, 0.1) is 5.92 Å². The molecule has 0 unspecified atom stereocenters. The Balaban J connectivity index is 1.25. The summed E-state index contributed by atoms with van der Waals surface area (Å²) in [4.78, 5) is 76.3. The number of nitrogens with one attached hydrogen (secondary N) is 3. The number of nitrogens with zero attached hydrogens (tertiary/aromatic N) is 3. The number of ether oxygens (including phenoxy) is 3. The van der Waals surface area contributed by atoms with Gasteiger partial charge in [0.25, 0.3) is 0 Å². The van der Waals surface area contributed by atoms with E-state index in [0.717, 1.165) is 22.3 Å². The molecular formula is C50H62N6O8. The van der Waals surface area contributed by atoms with E-state index in [1.807, 2.05) is 99.8 Å². The molecule has 2 aliphatic rings. The molecule has 3 aromatic carbocycles. The van der Waals surface area contributed by atoms with Gasteiger partial charge in [-0.3, -0.25) is 29.2 Å². The zero-order valence-electron chi connectivity index (χ0n) is 37.4. The highest BCUT2D eigenvalue weighted by atomic mass is 16.6. The van der Waals surface area contributed by atoms with E-state index in [2.05, 4.69) is 30.7 Å². The Labute approximate surface area is 376 Å². The Kier molecular flexibility index (Phi) is 17.0.